The van der Waals surface area contributed by atoms with Crippen molar-refractivity contribution in [3.8, 4) is 23.0 Å². The number of nitrogens with one attached hydrogen (secondary N) is 1. The van der Waals surface area contributed by atoms with Crippen LogP contribution in [0.4, 0.5) is 8.78 Å². The summed E-state index contributed by atoms with van der Waals surface area (Å²) in [5.41, 5.74) is 6.47. The monoisotopic (exact) mass is 443 g/mol. The Hall–Kier alpha value is -3.46. The summed E-state index contributed by atoms with van der Waals surface area (Å²) >= 11 is 0. The Morgan fingerprint density at radius 3 is 2.72 bits per heavy atom. The first kappa shape index (κ1) is 21.8. The fraction of sp³-hybridized carbons (Fsp3) is 0.304. The molecule has 1 heterocycles. The van der Waals surface area contributed by atoms with Crippen molar-refractivity contribution in [2.75, 3.05) is 13.7 Å². The van der Waals surface area contributed by atoms with E-state index in [4.69, 9.17) is 19.6 Å². The van der Waals surface area contributed by atoms with E-state index < -0.39 is 17.5 Å². The minimum Gasteiger partial charge on any atom is -0.493 e. The molecule has 1 saturated carbocycles. The number of halogens is 2. The van der Waals surface area contributed by atoms with E-state index in [1.165, 1.54) is 6.07 Å². The summed E-state index contributed by atoms with van der Waals surface area (Å²) in [6.07, 6.45) is 2.31. The maximum Gasteiger partial charge on any atom is 0.273 e. The van der Waals surface area contributed by atoms with Gasteiger partial charge in [0.15, 0.2) is 23.0 Å². The minimum atomic E-state index is -0.748. The Morgan fingerprint density at radius 2 is 2.03 bits per heavy atom. The molecule has 0 radical (unpaired) electrons. The largest absolute Gasteiger partial charge is 0.493 e. The number of rotatable bonds is 9. The molecular weight excluding hydrogens is 420 g/mol. The van der Waals surface area contributed by atoms with Crippen molar-refractivity contribution in [2.24, 2.45) is 11.7 Å². The number of aromatic nitrogens is 1. The quantitative estimate of drug-likeness (QED) is 0.522. The number of nitrogens with two attached hydrogens (primary N) is 1. The van der Waals surface area contributed by atoms with Gasteiger partial charge in [-0.2, -0.15) is 0 Å². The Balaban J connectivity index is 1.53. The van der Waals surface area contributed by atoms with Gasteiger partial charge in [-0.1, -0.05) is 6.07 Å². The third kappa shape index (κ3) is 4.88. The summed E-state index contributed by atoms with van der Waals surface area (Å²) in [4.78, 5) is 16.9. The molecule has 32 heavy (non-hydrogen) atoms. The molecule has 9 heteroatoms. The lowest BCUT2D eigenvalue weighted by atomic mass is 10.2. The Kier molecular flexibility index (Phi) is 6.36. The molecule has 0 aliphatic heterocycles. The second-order valence-corrected chi connectivity index (χ2v) is 7.53. The molecule has 3 N–H and O–H groups in total. The molecular formula is C23H23F2N3O4. The number of hydrogen-bond donors (Lipinski definition) is 2. The number of ether oxygens (including phenoxy) is 2. The van der Waals surface area contributed by atoms with Crippen LogP contribution in [0.1, 0.15) is 34.7 Å². The molecule has 0 bridgehead atoms. The van der Waals surface area contributed by atoms with Crippen LogP contribution in [-0.4, -0.2) is 24.6 Å². The number of benzene rings is 2. The maximum atomic E-state index is 13.8. The molecule has 0 unspecified atom stereocenters. The number of carbonyl (C=O) groups is 1. The highest BCUT2D eigenvalue weighted by Gasteiger charge is 2.24. The SMILES string of the molecule is COc1ccc(-c2nc(C(=O)NCc3ccc(F)cc3F)c(CN)o2)cc1OCC1CC1. The van der Waals surface area contributed by atoms with Gasteiger partial charge in [-0.15, -0.1) is 0 Å². The van der Waals surface area contributed by atoms with Gasteiger partial charge in [0.05, 0.1) is 20.3 Å². The molecule has 0 atom stereocenters. The van der Waals surface area contributed by atoms with Crippen LogP contribution >= 0.6 is 0 Å². The van der Waals surface area contributed by atoms with E-state index in [2.05, 4.69) is 10.3 Å². The van der Waals surface area contributed by atoms with Gasteiger partial charge in [-0.25, -0.2) is 13.8 Å². The van der Waals surface area contributed by atoms with Crippen LogP contribution in [0.15, 0.2) is 40.8 Å². The van der Waals surface area contributed by atoms with Gasteiger partial charge >= 0.3 is 0 Å². The van der Waals surface area contributed by atoms with Crippen LogP contribution < -0.4 is 20.5 Å². The van der Waals surface area contributed by atoms with Crippen molar-refractivity contribution < 1.29 is 27.5 Å². The molecule has 0 saturated heterocycles. The Bertz CT molecular complexity index is 1130. The maximum absolute atomic E-state index is 13.8. The van der Waals surface area contributed by atoms with Crippen LogP contribution in [0.25, 0.3) is 11.5 Å². The van der Waals surface area contributed by atoms with Crippen LogP contribution in [-0.2, 0) is 13.1 Å². The lowest BCUT2D eigenvalue weighted by molar-refractivity contribution is 0.0944. The topological polar surface area (TPSA) is 99.6 Å². The second kappa shape index (κ2) is 9.35. The van der Waals surface area contributed by atoms with Gasteiger partial charge in [0.25, 0.3) is 5.91 Å². The number of carbonyl (C=O) groups excluding carboxylic acids is 1. The third-order valence-electron chi connectivity index (χ3n) is 5.13. The second-order valence-electron chi connectivity index (χ2n) is 7.53. The average molecular weight is 443 g/mol. The van der Waals surface area contributed by atoms with E-state index in [1.54, 1.807) is 25.3 Å². The standard InChI is InChI=1S/C23H23F2N3O4/c1-30-18-7-5-14(8-19(18)31-12-13-2-3-13)23-28-21(20(10-26)32-23)22(29)27-11-15-4-6-16(24)9-17(15)25/h4-9,13H,2-3,10-12,26H2,1H3,(H,27,29). The molecule has 2 aromatic carbocycles. The van der Waals surface area contributed by atoms with E-state index in [0.717, 1.165) is 25.0 Å². The molecule has 7 nitrogen and oxygen atoms in total. The smallest absolute Gasteiger partial charge is 0.273 e. The average Bonchev–Trinajstić information content (AvgIpc) is 3.52. The fourth-order valence-electron chi connectivity index (χ4n) is 3.13. The minimum absolute atomic E-state index is 0.00119. The van der Waals surface area contributed by atoms with Crippen molar-refractivity contribution in [3.05, 3.63) is 65.1 Å². The normalized spacial score (nSPS) is 13.1. The van der Waals surface area contributed by atoms with Crippen molar-refractivity contribution in [1.82, 2.24) is 10.3 Å². The van der Waals surface area contributed by atoms with E-state index >= 15 is 0 Å². The molecule has 3 aromatic rings. The highest BCUT2D eigenvalue weighted by Crippen LogP contribution is 2.35. The number of nitrogens with zero attached hydrogens (tertiary/aromatic N) is 1. The molecule has 1 aromatic heterocycles. The first-order chi connectivity index (χ1) is 15.5. The zero-order chi connectivity index (χ0) is 22.7. The van der Waals surface area contributed by atoms with Crippen molar-refractivity contribution in [3.63, 3.8) is 0 Å². The number of amides is 1. The highest BCUT2D eigenvalue weighted by molar-refractivity contribution is 5.93. The van der Waals surface area contributed by atoms with Gasteiger partial charge in [-0.3, -0.25) is 4.79 Å². The number of hydrogen-bond acceptors (Lipinski definition) is 6. The lowest BCUT2D eigenvalue weighted by Gasteiger charge is -2.11. The molecule has 1 fully saturated rings. The van der Waals surface area contributed by atoms with Gasteiger partial charge in [0.2, 0.25) is 5.89 Å². The third-order valence-corrected chi connectivity index (χ3v) is 5.13. The Labute approximate surface area is 183 Å². The predicted octanol–water partition coefficient (Wildman–Crippen LogP) is 3.81. The summed E-state index contributed by atoms with van der Waals surface area (Å²) < 4.78 is 43.8. The summed E-state index contributed by atoms with van der Waals surface area (Å²) in [5, 5.41) is 2.56. The summed E-state index contributed by atoms with van der Waals surface area (Å²) in [5.74, 6) is 0.0710. The summed E-state index contributed by atoms with van der Waals surface area (Å²) in [6, 6.07) is 8.36. The van der Waals surface area contributed by atoms with E-state index in [1.807, 2.05) is 0 Å². The van der Waals surface area contributed by atoms with Crippen LogP contribution in [0.3, 0.4) is 0 Å². The Morgan fingerprint density at radius 1 is 1.22 bits per heavy atom. The lowest BCUT2D eigenvalue weighted by Crippen LogP contribution is -2.25. The molecule has 1 aliphatic carbocycles. The number of oxazole rings is 1. The van der Waals surface area contributed by atoms with E-state index in [0.29, 0.717) is 29.6 Å². The number of methoxy groups -OCH3 is 1. The molecule has 4 rings (SSSR count). The van der Waals surface area contributed by atoms with Crippen molar-refractivity contribution >= 4 is 5.91 Å². The van der Waals surface area contributed by atoms with Gasteiger partial charge in [0.1, 0.15) is 11.6 Å². The molecule has 1 aliphatic rings. The summed E-state index contributed by atoms with van der Waals surface area (Å²) in [6.45, 7) is 0.410. The van der Waals surface area contributed by atoms with E-state index in [9.17, 15) is 13.6 Å². The first-order valence-electron chi connectivity index (χ1n) is 10.2. The van der Waals surface area contributed by atoms with Crippen LogP contribution in [0.5, 0.6) is 11.5 Å². The molecule has 168 valence electrons. The van der Waals surface area contributed by atoms with Gasteiger partial charge in [-0.05, 0) is 43.0 Å². The molecule has 1 amide bonds. The fourth-order valence-corrected chi connectivity index (χ4v) is 3.13. The highest BCUT2D eigenvalue weighted by atomic mass is 19.1. The van der Waals surface area contributed by atoms with Crippen LogP contribution in [0.2, 0.25) is 0 Å². The molecule has 0 spiro atoms. The van der Waals surface area contributed by atoms with Gasteiger partial charge in [0, 0.05) is 23.7 Å². The van der Waals surface area contributed by atoms with Crippen molar-refractivity contribution in [1.29, 1.82) is 0 Å². The summed E-state index contributed by atoms with van der Waals surface area (Å²) in [7, 11) is 1.56. The predicted molar refractivity (Wildman–Crippen MR) is 112 cm³/mol. The van der Waals surface area contributed by atoms with Crippen molar-refractivity contribution in [2.45, 2.75) is 25.9 Å². The van der Waals surface area contributed by atoms with Crippen LogP contribution in [0, 0.1) is 17.6 Å². The zero-order valence-corrected chi connectivity index (χ0v) is 17.5. The zero-order valence-electron chi connectivity index (χ0n) is 17.5. The van der Waals surface area contributed by atoms with E-state index in [-0.39, 0.29) is 36.0 Å². The van der Waals surface area contributed by atoms with Gasteiger partial charge < -0.3 is 24.9 Å². The first-order valence-corrected chi connectivity index (χ1v) is 10.2.